The average Bonchev–Trinajstić information content (AvgIpc) is 2.94. The third-order valence-corrected chi connectivity index (χ3v) is 3.63. The molecule has 3 aromatic rings. The van der Waals surface area contributed by atoms with Crippen LogP contribution in [0.5, 0.6) is 0 Å². The largest absolute Gasteiger partial charge is 0.451 e. The molecule has 1 atom stereocenters. The standard InChI is InChI=1S/C17H12F4N2O2/c1-9(25-16(24)14-10(18)5-4-6-11(14)19)15-22-12-7-2-3-8-13(12)23(15)17(20)21/h2-9,17H,1H3. The fraction of sp³-hybridized carbons (Fsp3) is 0.176. The number of hydrogen-bond acceptors (Lipinski definition) is 3. The van der Waals surface area contributed by atoms with Crippen molar-refractivity contribution >= 4 is 17.0 Å². The number of carbonyl (C=O) groups is 1. The number of aromatic nitrogens is 2. The van der Waals surface area contributed by atoms with Crippen LogP contribution in [0.4, 0.5) is 17.6 Å². The maximum Gasteiger partial charge on any atom is 0.344 e. The van der Waals surface area contributed by atoms with Crippen molar-refractivity contribution in [2.24, 2.45) is 0 Å². The highest BCUT2D eigenvalue weighted by atomic mass is 19.3. The molecule has 0 bridgehead atoms. The van der Waals surface area contributed by atoms with Gasteiger partial charge in [-0.05, 0) is 31.2 Å². The van der Waals surface area contributed by atoms with Gasteiger partial charge in [-0.2, -0.15) is 8.78 Å². The summed E-state index contributed by atoms with van der Waals surface area (Å²) in [6.07, 6.45) is -1.24. The Morgan fingerprint density at radius 1 is 1.08 bits per heavy atom. The van der Waals surface area contributed by atoms with Gasteiger partial charge in [-0.25, -0.2) is 18.6 Å². The summed E-state index contributed by atoms with van der Waals surface area (Å²) in [5, 5.41) is 0. The van der Waals surface area contributed by atoms with Gasteiger partial charge in [0.25, 0.3) is 0 Å². The molecule has 0 saturated heterocycles. The van der Waals surface area contributed by atoms with Gasteiger partial charge in [0.15, 0.2) is 11.9 Å². The van der Waals surface area contributed by atoms with Crippen LogP contribution < -0.4 is 0 Å². The van der Waals surface area contributed by atoms with Crippen LogP contribution in [-0.2, 0) is 4.74 Å². The Morgan fingerprint density at radius 3 is 2.36 bits per heavy atom. The number of ether oxygens (including phenoxy) is 1. The molecule has 25 heavy (non-hydrogen) atoms. The van der Waals surface area contributed by atoms with Gasteiger partial charge < -0.3 is 4.74 Å². The Morgan fingerprint density at radius 2 is 1.72 bits per heavy atom. The minimum atomic E-state index is -2.92. The Hall–Kier alpha value is -2.90. The van der Waals surface area contributed by atoms with Crippen molar-refractivity contribution in [3.05, 3.63) is 65.5 Å². The van der Waals surface area contributed by atoms with E-state index in [4.69, 9.17) is 4.74 Å². The van der Waals surface area contributed by atoms with Gasteiger partial charge in [0.1, 0.15) is 17.2 Å². The second-order valence-electron chi connectivity index (χ2n) is 5.25. The van der Waals surface area contributed by atoms with Gasteiger partial charge in [-0.1, -0.05) is 18.2 Å². The molecule has 0 amide bonds. The van der Waals surface area contributed by atoms with E-state index in [1.54, 1.807) is 12.1 Å². The predicted octanol–water partition coefficient (Wildman–Crippen LogP) is 4.63. The SMILES string of the molecule is CC(OC(=O)c1c(F)cccc1F)c1nc2ccccc2n1C(F)F. The van der Waals surface area contributed by atoms with Gasteiger partial charge in [-0.3, -0.25) is 4.57 Å². The lowest BCUT2D eigenvalue weighted by atomic mass is 10.2. The van der Waals surface area contributed by atoms with E-state index in [1.807, 2.05) is 0 Å². The summed E-state index contributed by atoms with van der Waals surface area (Å²) in [4.78, 5) is 16.1. The quantitative estimate of drug-likeness (QED) is 0.508. The number of imidazole rings is 1. The number of para-hydroxylation sites is 2. The molecule has 0 saturated carbocycles. The molecule has 0 N–H and O–H groups in total. The molecule has 130 valence electrons. The van der Waals surface area contributed by atoms with Crippen LogP contribution in [0.1, 0.15) is 35.8 Å². The average molecular weight is 352 g/mol. The van der Waals surface area contributed by atoms with E-state index >= 15 is 0 Å². The topological polar surface area (TPSA) is 44.1 Å². The minimum absolute atomic E-state index is 0.160. The molecule has 4 nitrogen and oxygen atoms in total. The molecule has 0 aliphatic rings. The Labute approximate surface area is 139 Å². The molecular formula is C17H12F4N2O2. The third-order valence-electron chi connectivity index (χ3n) is 3.63. The second-order valence-corrected chi connectivity index (χ2v) is 5.25. The zero-order valence-corrected chi connectivity index (χ0v) is 12.9. The first kappa shape index (κ1) is 16.9. The fourth-order valence-electron chi connectivity index (χ4n) is 2.52. The molecule has 0 radical (unpaired) electrons. The Kier molecular flexibility index (Phi) is 4.43. The maximum atomic E-state index is 13.6. The van der Waals surface area contributed by atoms with E-state index in [9.17, 15) is 22.4 Å². The summed E-state index contributed by atoms with van der Waals surface area (Å²) >= 11 is 0. The lowest BCUT2D eigenvalue weighted by Gasteiger charge is -2.15. The van der Waals surface area contributed by atoms with Crippen molar-refractivity contribution in [1.82, 2.24) is 9.55 Å². The van der Waals surface area contributed by atoms with Crippen molar-refractivity contribution in [2.75, 3.05) is 0 Å². The van der Waals surface area contributed by atoms with E-state index < -0.39 is 35.8 Å². The second kappa shape index (κ2) is 6.54. The van der Waals surface area contributed by atoms with E-state index in [0.29, 0.717) is 4.57 Å². The van der Waals surface area contributed by atoms with Crippen LogP contribution in [0, 0.1) is 11.6 Å². The molecule has 0 aliphatic heterocycles. The Bertz CT molecular complexity index is 919. The predicted molar refractivity (Wildman–Crippen MR) is 81.2 cm³/mol. The zero-order valence-electron chi connectivity index (χ0n) is 12.9. The number of hydrogen-bond donors (Lipinski definition) is 0. The number of nitrogens with zero attached hydrogens (tertiary/aromatic N) is 2. The zero-order chi connectivity index (χ0) is 18.1. The molecular weight excluding hydrogens is 340 g/mol. The van der Waals surface area contributed by atoms with Crippen molar-refractivity contribution in [3.8, 4) is 0 Å². The first-order valence-electron chi connectivity index (χ1n) is 7.30. The van der Waals surface area contributed by atoms with Crippen LogP contribution in [0.2, 0.25) is 0 Å². The van der Waals surface area contributed by atoms with Crippen LogP contribution in [0.15, 0.2) is 42.5 Å². The summed E-state index contributed by atoms with van der Waals surface area (Å²) < 4.78 is 59.7. The van der Waals surface area contributed by atoms with Crippen LogP contribution in [-0.4, -0.2) is 15.5 Å². The number of rotatable bonds is 4. The number of carbonyl (C=O) groups excluding carboxylic acids is 1. The number of benzene rings is 2. The number of halogens is 4. The monoisotopic (exact) mass is 352 g/mol. The van der Waals surface area contributed by atoms with Gasteiger partial charge >= 0.3 is 12.5 Å². The molecule has 0 fully saturated rings. The molecule has 0 spiro atoms. The van der Waals surface area contributed by atoms with Crippen molar-refractivity contribution in [3.63, 3.8) is 0 Å². The van der Waals surface area contributed by atoms with E-state index in [2.05, 4.69) is 4.98 Å². The molecule has 2 aromatic carbocycles. The van der Waals surface area contributed by atoms with Crippen LogP contribution >= 0.6 is 0 Å². The number of esters is 1. The first-order valence-corrected chi connectivity index (χ1v) is 7.30. The normalized spacial score (nSPS) is 12.6. The van der Waals surface area contributed by atoms with Gasteiger partial charge in [0, 0.05) is 0 Å². The van der Waals surface area contributed by atoms with Gasteiger partial charge in [0.05, 0.1) is 11.0 Å². The third kappa shape index (κ3) is 3.07. The van der Waals surface area contributed by atoms with Crippen LogP contribution in [0.3, 0.4) is 0 Å². The molecule has 0 aliphatic carbocycles. The highest BCUT2D eigenvalue weighted by molar-refractivity contribution is 5.90. The minimum Gasteiger partial charge on any atom is -0.451 e. The smallest absolute Gasteiger partial charge is 0.344 e. The summed E-state index contributed by atoms with van der Waals surface area (Å²) in [6.45, 7) is -1.62. The lowest BCUT2D eigenvalue weighted by Crippen LogP contribution is -2.16. The number of alkyl halides is 2. The summed E-state index contributed by atoms with van der Waals surface area (Å²) in [5.41, 5.74) is -0.431. The number of fused-ring (bicyclic) bond motifs is 1. The van der Waals surface area contributed by atoms with Crippen molar-refractivity contribution < 1.29 is 27.1 Å². The summed E-state index contributed by atoms with van der Waals surface area (Å²) in [7, 11) is 0. The first-order chi connectivity index (χ1) is 11.9. The summed E-state index contributed by atoms with van der Waals surface area (Å²) in [5.74, 6) is -3.71. The summed E-state index contributed by atoms with van der Waals surface area (Å²) in [6, 6.07) is 9.07. The van der Waals surface area contributed by atoms with Gasteiger partial charge in [0.2, 0.25) is 0 Å². The van der Waals surface area contributed by atoms with E-state index in [-0.39, 0.29) is 16.9 Å². The van der Waals surface area contributed by atoms with E-state index in [1.165, 1.54) is 19.1 Å². The van der Waals surface area contributed by atoms with Crippen molar-refractivity contribution in [2.45, 2.75) is 19.6 Å². The van der Waals surface area contributed by atoms with Crippen molar-refractivity contribution in [1.29, 1.82) is 0 Å². The Balaban J connectivity index is 1.96. The fourth-order valence-corrected chi connectivity index (χ4v) is 2.52. The lowest BCUT2D eigenvalue weighted by molar-refractivity contribution is 0.0224. The van der Waals surface area contributed by atoms with Crippen LogP contribution in [0.25, 0.3) is 11.0 Å². The molecule has 3 rings (SSSR count). The maximum absolute atomic E-state index is 13.6. The highest BCUT2D eigenvalue weighted by Crippen LogP contribution is 2.29. The molecule has 1 heterocycles. The highest BCUT2D eigenvalue weighted by Gasteiger charge is 2.26. The van der Waals surface area contributed by atoms with Gasteiger partial charge in [-0.15, -0.1) is 0 Å². The van der Waals surface area contributed by atoms with E-state index in [0.717, 1.165) is 18.2 Å². The molecule has 8 heteroatoms. The molecule has 1 unspecified atom stereocenters. The molecule has 1 aromatic heterocycles.